The highest BCUT2D eigenvalue weighted by Gasteiger charge is 2.53. The second-order valence-electron chi connectivity index (χ2n) is 5.56. The molecule has 2 heterocycles. The first-order chi connectivity index (χ1) is 9.21. The van der Waals surface area contributed by atoms with Gasteiger partial charge < -0.3 is 10.1 Å². The average molecular weight is 286 g/mol. The molecule has 2 N–H and O–H groups in total. The van der Waals surface area contributed by atoms with Crippen molar-refractivity contribution in [2.24, 2.45) is 5.92 Å². The van der Waals surface area contributed by atoms with Gasteiger partial charge in [0.25, 0.3) is 0 Å². The summed E-state index contributed by atoms with van der Waals surface area (Å²) in [7, 11) is 0. The van der Waals surface area contributed by atoms with Crippen molar-refractivity contribution < 1.29 is 18.3 Å². The van der Waals surface area contributed by atoms with Crippen molar-refractivity contribution in [1.29, 1.82) is 0 Å². The molecule has 110 valence electrons. The number of fused-ring (bicyclic) bond motifs is 1. The van der Waals surface area contributed by atoms with Gasteiger partial charge >= 0.3 is 6.18 Å². The molecule has 0 saturated carbocycles. The van der Waals surface area contributed by atoms with E-state index in [2.05, 4.69) is 9.97 Å². The van der Waals surface area contributed by atoms with Crippen LogP contribution in [0.15, 0.2) is 24.5 Å². The van der Waals surface area contributed by atoms with Gasteiger partial charge in [-0.25, -0.2) is 0 Å². The number of nitrogens with one attached hydrogen (secondary N) is 1. The highest BCUT2D eigenvalue weighted by molar-refractivity contribution is 5.79. The summed E-state index contributed by atoms with van der Waals surface area (Å²) in [5.74, 6) is -0.257. The zero-order valence-electron chi connectivity index (χ0n) is 11.3. The van der Waals surface area contributed by atoms with E-state index >= 15 is 0 Å². The molecule has 0 aromatic carbocycles. The molecule has 0 saturated heterocycles. The molecular formula is C14H17F3N2O. The van der Waals surface area contributed by atoms with Crippen LogP contribution < -0.4 is 0 Å². The maximum atomic E-state index is 13.1. The topological polar surface area (TPSA) is 48.9 Å². The number of H-pyrrole nitrogens is 1. The normalized spacial score (nSPS) is 15.8. The molecule has 2 aromatic rings. The Kier molecular flexibility index (Phi) is 3.77. The van der Waals surface area contributed by atoms with Crippen LogP contribution in [-0.2, 0) is 6.42 Å². The molecule has 0 aliphatic rings. The predicted octanol–water partition coefficient (Wildman–Crippen LogP) is 3.44. The number of hydrogen-bond acceptors (Lipinski definition) is 2. The Hall–Kier alpha value is -1.56. The fourth-order valence-electron chi connectivity index (χ4n) is 2.41. The van der Waals surface area contributed by atoms with Gasteiger partial charge in [0.05, 0.1) is 0 Å². The van der Waals surface area contributed by atoms with Gasteiger partial charge in [-0.1, -0.05) is 13.8 Å². The first kappa shape index (κ1) is 14.8. The van der Waals surface area contributed by atoms with E-state index in [-0.39, 0.29) is 12.3 Å². The van der Waals surface area contributed by atoms with Crippen molar-refractivity contribution in [2.45, 2.75) is 38.5 Å². The number of alkyl halides is 3. The lowest BCUT2D eigenvalue weighted by atomic mass is 9.87. The molecule has 20 heavy (non-hydrogen) atoms. The third-order valence-electron chi connectivity index (χ3n) is 3.23. The van der Waals surface area contributed by atoms with Crippen LogP contribution in [0.3, 0.4) is 0 Å². The highest BCUT2D eigenvalue weighted by Crippen LogP contribution is 2.38. The second kappa shape index (κ2) is 5.09. The maximum absolute atomic E-state index is 13.1. The van der Waals surface area contributed by atoms with Crippen molar-refractivity contribution in [3.63, 3.8) is 0 Å². The van der Waals surface area contributed by atoms with Crippen molar-refractivity contribution in [3.8, 4) is 0 Å². The van der Waals surface area contributed by atoms with Gasteiger partial charge in [0.2, 0.25) is 0 Å². The summed E-state index contributed by atoms with van der Waals surface area (Å²) in [5, 5.41) is 10.8. The van der Waals surface area contributed by atoms with Gasteiger partial charge in [-0.3, -0.25) is 4.98 Å². The summed E-state index contributed by atoms with van der Waals surface area (Å²) in [6.45, 7) is 3.32. The van der Waals surface area contributed by atoms with Crippen molar-refractivity contribution >= 4 is 10.9 Å². The lowest BCUT2D eigenvalue weighted by Crippen LogP contribution is -2.48. The van der Waals surface area contributed by atoms with E-state index < -0.39 is 18.2 Å². The number of aromatic amines is 1. The number of aliphatic hydroxyl groups is 1. The molecule has 0 aliphatic carbocycles. The van der Waals surface area contributed by atoms with E-state index in [0.717, 1.165) is 5.39 Å². The molecule has 1 atom stereocenters. The van der Waals surface area contributed by atoms with Crippen molar-refractivity contribution in [2.75, 3.05) is 0 Å². The van der Waals surface area contributed by atoms with Gasteiger partial charge in [0.1, 0.15) is 0 Å². The maximum Gasteiger partial charge on any atom is 0.417 e. The van der Waals surface area contributed by atoms with Gasteiger partial charge in [0, 0.05) is 35.4 Å². The molecule has 0 aliphatic heterocycles. The van der Waals surface area contributed by atoms with Gasteiger partial charge in [-0.2, -0.15) is 13.2 Å². The Morgan fingerprint density at radius 1 is 1.35 bits per heavy atom. The molecule has 0 amide bonds. The molecule has 0 fully saturated rings. The Balaban J connectivity index is 2.32. The van der Waals surface area contributed by atoms with E-state index in [1.54, 1.807) is 38.4 Å². The minimum absolute atomic E-state index is 0.257. The number of halogens is 3. The third-order valence-corrected chi connectivity index (χ3v) is 3.23. The van der Waals surface area contributed by atoms with Crippen LogP contribution in [-0.4, -0.2) is 26.9 Å². The van der Waals surface area contributed by atoms with E-state index in [1.165, 1.54) is 0 Å². The van der Waals surface area contributed by atoms with Crippen LogP contribution in [0.4, 0.5) is 13.2 Å². The first-order valence-electron chi connectivity index (χ1n) is 6.42. The summed E-state index contributed by atoms with van der Waals surface area (Å²) in [4.78, 5) is 6.81. The average Bonchev–Trinajstić information content (AvgIpc) is 2.67. The largest absolute Gasteiger partial charge is 0.417 e. The number of rotatable bonds is 4. The van der Waals surface area contributed by atoms with E-state index in [9.17, 15) is 18.3 Å². The zero-order valence-corrected chi connectivity index (χ0v) is 11.3. The Morgan fingerprint density at radius 3 is 2.60 bits per heavy atom. The summed E-state index contributed by atoms with van der Waals surface area (Å²) in [6.07, 6.45) is -2.34. The van der Waals surface area contributed by atoms with Crippen molar-refractivity contribution in [3.05, 3.63) is 30.2 Å². The van der Waals surface area contributed by atoms with Crippen LogP contribution in [0, 0.1) is 5.92 Å². The summed E-state index contributed by atoms with van der Waals surface area (Å²) in [6, 6.07) is 3.29. The molecule has 1 unspecified atom stereocenters. The number of aromatic nitrogens is 2. The Labute approximate surface area is 114 Å². The third kappa shape index (κ3) is 2.95. The lowest BCUT2D eigenvalue weighted by Gasteiger charge is -2.31. The van der Waals surface area contributed by atoms with E-state index in [4.69, 9.17) is 0 Å². The molecule has 3 nitrogen and oxygen atoms in total. The van der Waals surface area contributed by atoms with Crippen LogP contribution >= 0.6 is 0 Å². The SMILES string of the molecule is CC(C)CC(O)(Cc1cc2cnccc2[nH]1)C(F)(F)F. The molecule has 0 spiro atoms. The first-order valence-corrected chi connectivity index (χ1v) is 6.42. The molecule has 0 radical (unpaired) electrons. The second-order valence-corrected chi connectivity index (χ2v) is 5.56. The van der Waals surface area contributed by atoms with Crippen LogP contribution in [0.25, 0.3) is 10.9 Å². The summed E-state index contributed by atoms with van der Waals surface area (Å²) < 4.78 is 39.4. The highest BCUT2D eigenvalue weighted by atomic mass is 19.4. The Morgan fingerprint density at radius 2 is 2.05 bits per heavy atom. The number of nitrogens with zero attached hydrogens (tertiary/aromatic N) is 1. The fourth-order valence-corrected chi connectivity index (χ4v) is 2.41. The van der Waals surface area contributed by atoms with Gasteiger partial charge in [-0.15, -0.1) is 0 Å². The fraction of sp³-hybridized carbons (Fsp3) is 0.500. The zero-order chi connectivity index (χ0) is 15.0. The van der Waals surface area contributed by atoms with Gasteiger partial charge in [-0.05, 0) is 24.5 Å². The lowest BCUT2D eigenvalue weighted by molar-refractivity contribution is -0.265. The van der Waals surface area contributed by atoms with Gasteiger partial charge in [0.15, 0.2) is 5.60 Å². The molecule has 0 bridgehead atoms. The molecule has 2 rings (SSSR count). The Bertz CT molecular complexity index is 558. The minimum atomic E-state index is -4.66. The molecule has 2 aromatic heterocycles. The summed E-state index contributed by atoms with van der Waals surface area (Å²) >= 11 is 0. The number of hydrogen-bond donors (Lipinski definition) is 2. The van der Waals surface area contributed by atoms with E-state index in [1.807, 2.05) is 0 Å². The standard InChI is InChI=1S/C14H17F3N2O/c1-9(2)6-13(20,14(15,16)17)7-11-5-10-8-18-4-3-12(10)19-11/h3-5,8-9,19-20H,6-7H2,1-2H3. The van der Waals surface area contributed by atoms with Crippen LogP contribution in [0.5, 0.6) is 0 Å². The van der Waals surface area contributed by atoms with Crippen LogP contribution in [0.1, 0.15) is 26.0 Å². The molecular weight excluding hydrogens is 269 g/mol. The van der Waals surface area contributed by atoms with Crippen molar-refractivity contribution in [1.82, 2.24) is 9.97 Å². The van der Waals surface area contributed by atoms with E-state index in [0.29, 0.717) is 11.2 Å². The predicted molar refractivity (Wildman–Crippen MR) is 70.3 cm³/mol. The van der Waals surface area contributed by atoms with Crippen LogP contribution in [0.2, 0.25) is 0 Å². The monoisotopic (exact) mass is 286 g/mol. The summed E-state index contributed by atoms with van der Waals surface area (Å²) in [5.41, 5.74) is -1.65. The molecule has 6 heteroatoms. The smallest absolute Gasteiger partial charge is 0.380 e. The minimum Gasteiger partial charge on any atom is -0.380 e. The quantitative estimate of drug-likeness (QED) is 0.904. The number of pyridine rings is 1.